The molecule has 0 spiro atoms. The molecule has 7 nitrogen and oxygen atoms in total. The molecule has 2 aliphatic heterocycles. The highest BCUT2D eigenvalue weighted by Crippen LogP contribution is 2.34. The Bertz CT molecular complexity index is 1350. The predicted molar refractivity (Wildman–Crippen MR) is 115 cm³/mol. The number of halogens is 3. The van der Waals surface area contributed by atoms with Crippen LogP contribution in [0.4, 0.5) is 13.2 Å². The van der Waals surface area contributed by atoms with Gasteiger partial charge in [-0.2, -0.15) is 13.2 Å². The monoisotopic (exact) mass is 468 g/mol. The molecule has 3 heterocycles. The van der Waals surface area contributed by atoms with Crippen LogP contribution in [0.5, 0.6) is 0 Å². The summed E-state index contributed by atoms with van der Waals surface area (Å²) in [5.74, 6) is -0.725. The molecule has 174 valence electrons. The average Bonchev–Trinajstić information content (AvgIpc) is 3.33. The van der Waals surface area contributed by atoms with E-state index in [2.05, 4.69) is 10.3 Å². The largest absolute Gasteiger partial charge is 0.416 e. The van der Waals surface area contributed by atoms with Crippen LogP contribution in [0.3, 0.4) is 0 Å². The third-order valence-corrected chi connectivity index (χ3v) is 6.14. The number of benzene rings is 2. The Morgan fingerprint density at radius 2 is 1.85 bits per heavy atom. The number of aromatic nitrogens is 2. The number of carbonyl (C=O) groups excluding carboxylic acids is 3. The molecule has 2 aromatic carbocycles. The van der Waals surface area contributed by atoms with Crippen LogP contribution in [0, 0.1) is 0 Å². The third-order valence-electron chi connectivity index (χ3n) is 6.14. The van der Waals surface area contributed by atoms with Crippen LogP contribution in [0.1, 0.15) is 34.3 Å². The van der Waals surface area contributed by atoms with Gasteiger partial charge in [-0.25, -0.2) is 4.98 Å². The van der Waals surface area contributed by atoms with E-state index in [1.165, 1.54) is 11.0 Å². The summed E-state index contributed by atoms with van der Waals surface area (Å²) in [6, 6.07) is 9.48. The number of imide groups is 1. The highest BCUT2D eigenvalue weighted by molar-refractivity contribution is 6.05. The zero-order valence-electron chi connectivity index (χ0n) is 18.0. The molecule has 0 bridgehead atoms. The quantitative estimate of drug-likeness (QED) is 0.596. The molecule has 0 aliphatic carbocycles. The number of rotatable bonds is 3. The van der Waals surface area contributed by atoms with Gasteiger partial charge in [0.25, 0.3) is 5.91 Å². The van der Waals surface area contributed by atoms with Crippen molar-refractivity contribution in [1.82, 2.24) is 19.8 Å². The number of hydrogen-bond donors (Lipinski definition) is 1. The summed E-state index contributed by atoms with van der Waals surface area (Å²) in [5, 5.41) is 2.27. The standard InChI is InChI=1S/C24H19F3N4O3/c1-30-12-18(28-21(30)14-3-2-4-16(10-14)24(25,26)27)13-5-6-17-15(9-13)11-31(23(17)34)19-7-8-20(32)29-22(19)33/h2-6,9-10,12,19H,7-8,11H2,1H3,(H,29,32,33). The normalized spacial score (nSPS) is 18.3. The van der Waals surface area contributed by atoms with Crippen LogP contribution in [0.2, 0.25) is 0 Å². The van der Waals surface area contributed by atoms with E-state index in [9.17, 15) is 27.6 Å². The van der Waals surface area contributed by atoms with Gasteiger partial charge in [-0.15, -0.1) is 0 Å². The fourth-order valence-electron chi connectivity index (χ4n) is 4.44. The third kappa shape index (κ3) is 3.74. The molecule has 0 saturated carbocycles. The van der Waals surface area contributed by atoms with Gasteiger partial charge < -0.3 is 9.47 Å². The van der Waals surface area contributed by atoms with Crippen molar-refractivity contribution in [2.24, 2.45) is 7.05 Å². The lowest BCUT2D eigenvalue weighted by molar-refractivity contribution is -0.138. The van der Waals surface area contributed by atoms with E-state index < -0.39 is 23.7 Å². The molecular formula is C24H19F3N4O3. The van der Waals surface area contributed by atoms with E-state index in [4.69, 9.17) is 0 Å². The summed E-state index contributed by atoms with van der Waals surface area (Å²) in [6.07, 6.45) is -2.29. The maximum absolute atomic E-state index is 13.1. The molecule has 3 amide bonds. The molecule has 5 rings (SSSR count). The summed E-state index contributed by atoms with van der Waals surface area (Å²) >= 11 is 0. The van der Waals surface area contributed by atoms with E-state index in [0.717, 1.165) is 17.7 Å². The molecule has 1 aromatic heterocycles. The van der Waals surface area contributed by atoms with Crippen LogP contribution < -0.4 is 5.32 Å². The number of carbonyl (C=O) groups is 3. The Hall–Kier alpha value is -3.95. The minimum atomic E-state index is -4.45. The minimum absolute atomic E-state index is 0.175. The molecule has 10 heteroatoms. The van der Waals surface area contributed by atoms with Crippen molar-refractivity contribution in [2.45, 2.75) is 31.6 Å². The van der Waals surface area contributed by atoms with Gasteiger partial charge in [0, 0.05) is 42.9 Å². The van der Waals surface area contributed by atoms with E-state index in [1.54, 1.807) is 42.1 Å². The summed E-state index contributed by atoms with van der Waals surface area (Å²) < 4.78 is 41.0. The SMILES string of the molecule is Cn1cc(-c2ccc3c(c2)CN(C2CCC(=O)NC2=O)C3=O)nc1-c1cccc(C(F)(F)F)c1. The lowest BCUT2D eigenvalue weighted by Crippen LogP contribution is -2.52. The fourth-order valence-corrected chi connectivity index (χ4v) is 4.44. The van der Waals surface area contributed by atoms with E-state index in [-0.39, 0.29) is 31.2 Å². The lowest BCUT2D eigenvalue weighted by Gasteiger charge is -2.29. The highest BCUT2D eigenvalue weighted by atomic mass is 19.4. The molecule has 34 heavy (non-hydrogen) atoms. The van der Waals surface area contributed by atoms with Crippen LogP contribution in [-0.2, 0) is 29.4 Å². The van der Waals surface area contributed by atoms with Gasteiger partial charge in [0.2, 0.25) is 11.8 Å². The Kier molecular flexibility index (Phi) is 5.03. The first-order valence-corrected chi connectivity index (χ1v) is 10.6. The predicted octanol–water partition coefficient (Wildman–Crippen LogP) is 3.53. The zero-order chi connectivity index (χ0) is 24.2. The number of alkyl halides is 3. The average molecular weight is 468 g/mol. The van der Waals surface area contributed by atoms with E-state index in [1.807, 2.05) is 0 Å². The van der Waals surface area contributed by atoms with Gasteiger partial charge in [-0.3, -0.25) is 19.7 Å². The van der Waals surface area contributed by atoms with Gasteiger partial charge in [0.15, 0.2) is 0 Å². The van der Waals surface area contributed by atoms with Gasteiger partial charge in [0.05, 0.1) is 11.3 Å². The number of hydrogen-bond acceptors (Lipinski definition) is 4. The van der Waals surface area contributed by atoms with Crippen molar-refractivity contribution in [3.05, 3.63) is 65.4 Å². The number of piperidine rings is 1. The number of fused-ring (bicyclic) bond motifs is 1. The topological polar surface area (TPSA) is 84.3 Å². The van der Waals surface area contributed by atoms with Crippen molar-refractivity contribution >= 4 is 17.7 Å². The molecule has 1 fully saturated rings. The van der Waals surface area contributed by atoms with Crippen LogP contribution in [-0.4, -0.2) is 38.2 Å². The van der Waals surface area contributed by atoms with E-state index >= 15 is 0 Å². The number of nitrogens with one attached hydrogen (secondary N) is 1. The number of amides is 3. The summed E-state index contributed by atoms with van der Waals surface area (Å²) in [7, 11) is 1.70. The summed E-state index contributed by atoms with van der Waals surface area (Å²) in [5.41, 5.74) is 2.03. The van der Waals surface area contributed by atoms with Crippen LogP contribution >= 0.6 is 0 Å². The molecule has 1 atom stereocenters. The maximum Gasteiger partial charge on any atom is 0.416 e. The van der Waals surface area contributed by atoms with Gasteiger partial charge in [-0.1, -0.05) is 18.2 Å². The van der Waals surface area contributed by atoms with Gasteiger partial charge in [0.1, 0.15) is 11.9 Å². The Labute approximate surface area is 192 Å². The second-order valence-corrected chi connectivity index (χ2v) is 8.41. The molecule has 1 unspecified atom stereocenters. The summed E-state index contributed by atoms with van der Waals surface area (Å²) in [6.45, 7) is 0.224. The molecular weight excluding hydrogens is 449 g/mol. The van der Waals surface area contributed by atoms with Crippen molar-refractivity contribution in [1.29, 1.82) is 0 Å². The first-order chi connectivity index (χ1) is 16.1. The van der Waals surface area contributed by atoms with Crippen molar-refractivity contribution < 1.29 is 27.6 Å². The molecule has 1 N–H and O–H groups in total. The molecule has 2 aliphatic rings. The Morgan fingerprint density at radius 1 is 1.06 bits per heavy atom. The van der Waals surface area contributed by atoms with Crippen molar-refractivity contribution in [3.8, 4) is 22.6 Å². The molecule has 1 saturated heterocycles. The zero-order valence-corrected chi connectivity index (χ0v) is 18.0. The Morgan fingerprint density at radius 3 is 2.59 bits per heavy atom. The second kappa shape index (κ2) is 7.82. The number of aryl methyl sites for hydroxylation is 1. The maximum atomic E-state index is 13.1. The highest BCUT2D eigenvalue weighted by Gasteiger charge is 2.39. The Balaban J connectivity index is 1.43. The molecule has 3 aromatic rings. The van der Waals surface area contributed by atoms with Crippen LogP contribution in [0.25, 0.3) is 22.6 Å². The lowest BCUT2D eigenvalue weighted by atomic mass is 10.0. The van der Waals surface area contributed by atoms with Crippen molar-refractivity contribution in [3.63, 3.8) is 0 Å². The minimum Gasteiger partial charge on any atom is -0.333 e. The van der Waals surface area contributed by atoms with Crippen LogP contribution in [0.15, 0.2) is 48.7 Å². The number of nitrogens with zero attached hydrogens (tertiary/aromatic N) is 3. The fraction of sp³-hybridized carbons (Fsp3) is 0.250. The van der Waals surface area contributed by atoms with Gasteiger partial charge >= 0.3 is 6.18 Å². The smallest absolute Gasteiger partial charge is 0.333 e. The van der Waals surface area contributed by atoms with Gasteiger partial charge in [-0.05, 0) is 36.2 Å². The molecule has 0 radical (unpaired) electrons. The van der Waals surface area contributed by atoms with Crippen molar-refractivity contribution in [2.75, 3.05) is 0 Å². The first kappa shape index (κ1) is 21.9. The first-order valence-electron chi connectivity index (χ1n) is 10.6. The van der Waals surface area contributed by atoms with E-state index in [0.29, 0.717) is 28.2 Å². The second-order valence-electron chi connectivity index (χ2n) is 8.41. The summed E-state index contributed by atoms with van der Waals surface area (Å²) in [4.78, 5) is 42.5. The number of imidazole rings is 1.